The van der Waals surface area contributed by atoms with Crippen molar-refractivity contribution in [1.29, 1.82) is 0 Å². The van der Waals surface area contributed by atoms with Crippen LogP contribution in [0.2, 0.25) is 0 Å². The van der Waals surface area contributed by atoms with Gasteiger partial charge in [-0.3, -0.25) is 4.79 Å². The summed E-state index contributed by atoms with van der Waals surface area (Å²) in [5.41, 5.74) is 12.4. The van der Waals surface area contributed by atoms with Crippen LogP contribution in [0.25, 0.3) is 11.1 Å². The normalized spacial score (nSPS) is 10.7. The maximum Gasteiger partial charge on any atom is 0.264 e. The third-order valence-corrected chi connectivity index (χ3v) is 4.27. The molecule has 1 aromatic heterocycles. The number of amides is 1. The number of nitrogens with one attached hydrogen (secondary N) is 1. The molecule has 10 heteroatoms. The second kappa shape index (κ2) is 7.73. The Morgan fingerprint density at radius 1 is 1.22 bits per heavy atom. The average Bonchev–Trinajstić information content (AvgIpc) is 2.47. The number of nitrogens with two attached hydrogens (primary N) is 2. The first kappa shape index (κ1) is 19.4. The van der Waals surface area contributed by atoms with Crippen LogP contribution in [0.5, 0.6) is 0 Å². The minimum absolute atomic E-state index is 0. The van der Waals surface area contributed by atoms with Crippen LogP contribution < -0.4 is 16.2 Å². The first-order chi connectivity index (χ1) is 10.3. The van der Waals surface area contributed by atoms with E-state index in [0.717, 1.165) is 0 Å². The zero-order valence-electron chi connectivity index (χ0n) is 12.8. The van der Waals surface area contributed by atoms with E-state index in [1.54, 1.807) is 19.1 Å². The smallest absolute Gasteiger partial charge is 0.264 e. The Bertz CT molecular complexity index is 809. The van der Waals surface area contributed by atoms with Gasteiger partial charge in [-0.1, -0.05) is 19.1 Å². The molecule has 0 aliphatic carbocycles. The SMILES string of the molecule is CCC(=O)NS(=O)(=O)c1ccc(-c2cnc(N)nc2N)cc1.[Na]. The van der Waals surface area contributed by atoms with Crippen molar-refractivity contribution in [2.24, 2.45) is 0 Å². The zero-order chi connectivity index (χ0) is 16.3. The summed E-state index contributed by atoms with van der Waals surface area (Å²) < 4.78 is 25.9. The van der Waals surface area contributed by atoms with Gasteiger partial charge in [0.05, 0.1) is 4.90 Å². The molecule has 1 radical (unpaired) electrons. The monoisotopic (exact) mass is 344 g/mol. The summed E-state index contributed by atoms with van der Waals surface area (Å²) in [5, 5.41) is 0. The molecule has 0 bridgehead atoms. The van der Waals surface area contributed by atoms with E-state index in [2.05, 4.69) is 9.97 Å². The zero-order valence-corrected chi connectivity index (χ0v) is 15.6. The molecule has 5 N–H and O–H groups in total. The van der Waals surface area contributed by atoms with Crippen molar-refractivity contribution in [1.82, 2.24) is 14.7 Å². The van der Waals surface area contributed by atoms with E-state index < -0.39 is 15.9 Å². The van der Waals surface area contributed by atoms with Gasteiger partial charge in [0, 0.05) is 47.7 Å². The standard InChI is InChI=1S/C13H15N5O3S.Na/c1-2-11(19)18-22(20,21)9-5-3-8(4-6-9)10-7-16-13(15)17-12(10)14;/h3-7H,2H2,1H3,(H,18,19)(H4,14,15,16,17);. The summed E-state index contributed by atoms with van der Waals surface area (Å²) in [4.78, 5) is 18.9. The maximum absolute atomic E-state index is 12.0. The summed E-state index contributed by atoms with van der Waals surface area (Å²) in [6, 6.07) is 5.85. The topological polar surface area (TPSA) is 141 Å². The van der Waals surface area contributed by atoms with Crippen LogP contribution in [0.1, 0.15) is 13.3 Å². The van der Waals surface area contributed by atoms with Gasteiger partial charge in [0.15, 0.2) is 0 Å². The quantitative estimate of drug-likeness (QED) is 0.670. The molecule has 117 valence electrons. The molecule has 1 aromatic carbocycles. The molecule has 0 saturated carbocycles. The number of anilines is 2. The predicted molar refractivity (Wildman–Crippen MR) is 87.7 cm³/mol. The van der Waals surface area contributed by atoms with Gasteiger partial charge in [-0.15, -0.1) is 0 Å². The van der Waals surface area contributed by atoms with E-state index in [9.17, 15) is 13.2 Å². The Labute approximate surface area is 156 Å². The van der Waals surface area contributed by atoms with Crippen molar-refractivity contribution in [3.8, 4) is 11.1 Å². The van der Waals surface area contributed by atoms with E-state index in [-0.39, 0.29) is 52.6 Å². The van der Waals surface area contributed by atoms with E-state index in [1.165, 1.54) is 18.3 Å². The molecule has 1 amide bonds. The number of sulfonamides is 1. The van der Waals surface area contributed by atoms with E-state index in [1.807, 2.05) is 4.72 Å². The van der Waals surface area contributed by atoms with Crippen LogP contribution in [-0.2, 0) is 14.8 Å². The van der Waals surface area contributed by atoms with Crippen molar-refractivity contribution >= 4 is 57.3 Å². The van der Waals surface area contributed by atoms with Crippen molar-refractivity contribution in [2.45, 2.75) is 18.2 Å². The second-order valence-corrected chi connectivity index (χ2v) is 6.12. The van der Waals surface area contributed by atoms with Gasteiger partial charge in [-0.05, 0) is 17.7 Å². The Kier molecular flexibility index (Phi) is 6.51. The van der Waals surface area contributed by atoms with Gasteiger partial charge < -0.3 is 11.5 Å². The number of hydrogen-bond donors (Lipinski definition) is 3. The number of nitrogen functional groups attached to an aromatic ring is 2. The summed E-state index contributed by atoms with van der Waals surface area (Å²) in [6.07, 6.45) is 1.54. The summed E-state index contributed by atoms with van der Waals surface area (Å²) in [7, 11) is -3.87. The fraction of sp³-hybridized carbons (Fsp3) is 0.154. The van der Waals surface area contributed by atoms with E-state index >= 15 is 0 Å². The van der Waals surface area contributed by atoms with E-state index in [0.29, 0.717) is 11.1 Å². The van der Waals surface area contributed by atoms with Gasteiger partial charge in [-0.25, -0.2) is 18.1 Å². The molecule has 0 unspecified atom stereocenters. The molecule has 0 spiro atoms. The van der Waals surface area contributed by atoms with Crippen molar-refractivity contribution in [2.75, 3.05) is 11.5 Å². The molecular weight excluding hydrogens is 329 g/mol. The van der Waals surface area contributed by atoms with Crippen LogP contribution in [0.4, 0.5) is 11.8 Å². The maximum atomic E-state index is 12.0. The molecule has 0 atom stereocenters. The molecule has 2 rings (SSSR count). The molecule has 2 aromatic rings. The number of carbonyl (C=O) groups is 1. The second-order valence-electron chi connectivity index (χ2n) is 4.43. The molecule has 0 fully saturated rings. The Balaban J connectivity index is 0.00000264. The largest absolute Gasteiger partial charge is 0.383 e. The summed E-state index contributed by atoms with van der Waals surface area (Å²) in [5.74, 6) is -0.314. The number of rotatable bonds is 4. The molecule has 1 heterocycles. The van der Waals surface area contributed by atoms with Gasteiger partial charge in [-0.2, -0.15) is 4.98 Å². The van der Waals surface area contributed by atoms with Crippen LogP contribution in [-0.4, -0.2) is 53.9 Å². The van der Waals surface area contributed by atoms with Crippen LogP contribution in [0.3, 0.4) is 0 Å². The van der Waals surface area contributed by atoms with Crippen molar-refractivity contribution in [3.63, 3.8) is 0 Å². The molecule has 0 saturated heterocycles. The number of nitrogens with zero attached hydrogens (tertiary/aromatic N) is 2. The van der Waals surface area contributed by atoms with Crippen molar-refractivity contribution < 1.29 is 13.2 Å². The number of benzene rings is 1. The number of carbonyl (C=O) groups excluding carboxylic acids is 1. The van der Waals surface area contributed by atoms with Crippen LogP contribution >= 0.6 is 0 Å². The molecular formula is C13H15N5NaO3S. The first-order valence-electron chi connectivity index (χ1n) is 6.37. The fourth-order valence-corrected chi connectivity index (χ4v) is 2.78. The van der Waals surface area contributed by atoms with Crippen molar-refractivity contribution in [3.05, 3.63) is 30.5 Å². The van der Waals surface area contributed by atoms with Crippen LogP contribution in [0.15, 0.2) is 35.4 Å². The molecule has 23 heavy (non-hydrogen) atoms. The molecule has 0 aliphatic heterocycles. The molecule has 0 aliphatic rings. The molecule has 8 nitrogen and oxygen atoms in total. The summed E-state index contributed by atoms with van der Waals surface area (Å²) in [6.45, 7) is 1.57. The minimum Gasteiger partial charge on any atom is -0.383 e. The Hall–Kier alpha value is -1.68. The Morgan fingerprint density at radius 2 is 1.83 bits per heavy atom. The third-order valence-electron chi connectivity index (χ3n) is 2.88. The van der Waals surface area contributed by atoms with Gasteiger partial charge in [0.2, 0.25) is 11.9 Å². The first-order valence-corrected chi connectivity index (χ1v) is 7.86. The average molecular weight is 344 g/mol. The van der Waals surface area contributed by atoms with Gasteiger partial charge >= 0.3 is 0 Å². The third kappa shape index (κ3) is 4.64. The number of hydrogen-bond acceptors (Lipinski definition) is 7. The fourth-order valence-electron chi connectivity index (χ4n) is 1.73. The van der Waals surface area contributed by atoms with Gasteiger partial charge in [0.25, 0.3) is 10.0 Å². The number of aromatic nitrogens is 2. The van der Waals surface area contributed by atoms with Crippen LogP contribution in [0, 0.1) is 0 Å². The predicted octanol–water partition coefficient (Wildman–Crippen LogP) is 0.142. The summed E-state index contributed by atoms with van der Waals surface area (Å²) >= 11 is 0. The minimum atomic E-state index is -3.87. The van der Waals surface area contributed by atoms with E-state index in [4.69, 9.17) is 11.5 Å². The Morgan fingerprint density at radius 3 is 2.35 bits per heavy atom. The van der Waals surface area contributed by atoms with Gasteiger partial charge in [0.1, 0.15) is 5.82 Å².